The molecule has 0 aliphatic heterocycles. The van der Waals surface area contributed by atoms with Gasteiger partial charge in [-0.15, -0.1) is 0 Å². The predicted octanol–water partition coefficient (Wildman–Crippen LogP) is 1.97. The van der Waals surface area contributed by atoms with Crippen LogP contribution in [0.2, 0.25) is 0 Å². The molecule has 0 bridgehead atoms. The van der Waals surface area contributed by atoms with Crippen LogP contribution >= 0.6 is 0 Å². The van der Waals surface area contributed by atoms with Gasteiger partial charge < -0.3 is 5.73 Å². The van der Waals surface area contributed by atoms with Crippen LogP contribution in [0.4, 0.5) is 0 Å². The summed E-state index contributed by atoms with van der Waals surface area (Å²) in [6.45, 7) is 0.617. The Morgan fingerprint density at radius 3 is 2.57 bits per heavy atom. The van der Waals surface area contributed by atoms with Gasteiger partial charge in [-0.2, -0.15) is 10.4 Å². The first kappa shape index (κ1) is 13.4. The fraction of sp³-hybridized carbons (Fsp3) is 0.312. The van der Waals surface area contributed by atoms with Crippen LogP contribution in [0.1, 0.15) is 45.9 Å². The predicted molar refractivity (Wildman–Crippen MR) is 77.6 cm³/mol. The number of rotatable bonds is 5. The Morgan fingerprint density at radius 1 is 1.33 bits per heavy atom. The molecular formula is C16H16N4O. The van der Waals surface area contributed by atoms with Gasteiger partial charge >= 0.3 is 0 Å². The maximum Gasteiger partial charge on any atom is 0.252 e. The van der Waals surface area contributed by atoms with Crippen molar-refractivity contribution >= 4 is 5.91 Å². The van der Waals surface area contributed by atoms with Crippen LogP contribution in [0.25, 0.3) is 0 Å². The summed E-state index contributed by atoms with van der Waals surface area (Å²) in [5, 5.41) is 13.0. The van der Waals surface area contributed by atoms with Gasteiger partial charge in [-0.1, -0.05) is 24.3 Å². The molecule has 1 amide bonds. The molecule has 1 aliphatic carbocycles. The fourth-order valence-corrected chi connectivity index (χ4v) is 2.52. The second-order valence-corrected chi connectivity index (χ2v) is 5.39. The van der Waals surface area contributed by atoms with Crippen LogP contribution in [0.3, 0.4) is 0 Å². The van der Waals surface area contributed by atoms with E-state index >= 15 is 0 Å². The van der Waals surface area contributed by atoms with Crippen molar-refractivity contribution in [3.63, 3.8) is 0 Å². The largest absolute Gasteiger partial charge is 0.365 e. The summed E-state index contributed by atoms with van der Waals surface area (Å²) in [5.41, 5.74) is 9.02. The van der Waals surface area contributed by atoms with Gasteiger partial charge in [0, 0.05) is 5.92 Å². The SMILES string of the molecule is N#CCc1ccc(Cn2ncc(C(N)=O)c2C2CC2)cc1. The van der Waals surface area contributed by atoms with E-state index in [2.05, 4.69) is 11.2 Å². The molecular weight excluding hydrogens is 264 g/mol. The third kappa shape index (κ3) is 2.79. The molecule has 1 aliphatic rings. The number of hydrogen-bond donors (Lipinski definition) is 1. The van der Waals surface area contributed by atoms with E-state index in [4.69, 9.17) is 11.0 Å². The van der Waals surface area contributed by atoms with Crippen molar-refractivity contribution in [2.75, 3.05) is 0 Å². The Balaban J connectivity index is 1.84. The first-order valence-electron chi connectivity index (χ1n) is 6.99. The number of carbonyl (C=O) groups is 1. The van der Waals surface area contributed by atoms with Crippen molar-refractivity contribution in [1.82, 2.24) is 9.78 Å². The lowest BCUT2D eigenvalue weighted by molar-refractivity contribution is 0.0999. The van der Waals surface area contributed by atoms with E-state index in [1.807, 2.05) is 28.9 Å². The first-order valence-corrected chi connectivity index (χ1v) is 6.99. The van der Waals surface area contributed by atoms with Crippen molar-refractivity contribution in [3.8, 4) is 6.07 Å². The number of primary amides is 1. The van der Waals surface area contributed by atoms with Crippen LogP contribution < -0.4 is 5.73 Å². The zero-order chi connectivity index (χ0) is 14.8. The van der Waals surface area contributed by atoms with Crippen LogP contribution in [0.5, 0.6) is 0 Å². The highest BCUT2D eigenvalue weighted by Gasteiger charge is 2.31. The van der Waals surface area contributed by atoms with Gasteiger partial charge in [0.25, 0.3) is 5.91 Å². The topological polar surface area (TPSA) is 84.7 Å². The average molecular weight is 280 g/mol. The van der Waals surface area contributed by atoms with E-state index in [-0.39, 0.29) is 0 Å². The van der Waals surface area contributed by atoms with Gasteiger partial charge in [0.2, 0.25) is 0 Å². The molecule has 1 fully saturated rings. The number of aromatic nitrogens is 2. The number of carbonyl (C=O) groups excluding carboxylic acids is 1. The lowest BCUT2D eigenvalue weighted by Gasteiger charge is -2.08. The van der Waals surface area contributed by atoms with E-state index in [0.29, 0.717) is 24.4 Å². The third-order valence-corrected chi connectivity index (χ3v) is 3.75. The summed E-state index contributed by atoms with van der Waals surface area (Å²) in [5.74, 6) is 0.000352. The lowest BCUT2D eigenvalue weighted by Crippen LogP contribution is -2.14. The van der Waals surface area contributed by atoms with Gasteiger partial charge in [0.1, 0.15) is 0 Å². The molecule has 1 heterocycles. The Hall–Kier alpha value is -2.61. The fourth-order valence-electron chi connectivity index (χ4n) is 2.52. The molecule has 0 radical (unpaired) electrons. The maximum absolute atomic E-state index is 11.5. The molecule has 1 saturated carbocycles. The summed E-state index contributed by atoms with van der Waals surface area (Å²) < 4.78 is 1.87. The summed E-state index contributed by atoms with van der Waals surface area (Å²) in [7, 11) is 0. The maximum atomic E-state index is 11.5. The van der Waals surface area contributed by atoms with E-state index < -0.39 is 5.91 Å². The van der Waals surface area contributed by atoms with Gasteiger partial charge in [-0.25, -0.2) is 0 Å². The number of hydrogen-bond acceptors (Lipinski definition) is 3. The van der Waals surface area contributed by atoms with Crippen molar-refractivity contribution in [1.29, 1.82) is 5.26 Å². The van der Waals surface area contributed by atoms with Gasteiger partial charge in [-0.05, 0) is 24.0 Å². The molecule has 3 rings (SSSR count). The standard InChI is InChI=1S/C16H16N4O/c17-8-7-11-1-3-12(4-2-11)10-20-15(13-5-6-13)14(9-19-20)16(18)21/h1-4,9,13H,5-7,10H2,(H2,18,21). The molecule has 1 aromatic carbocycles. The van der Waals surface area contributed by atoms with Crippen molar-refractivity contribution < 1.29 is 4.79 Å². The highest BCUT2D eigenvalue weighted by atomic mass is 16.1. The zero-order valence-corrected chi connectivity index (χ0v) is 11.6. The summed E-state index contributed by atoms with van der Waals surface area (Å²) in [6, 6.07) is 10.0. The van der Waals surface area contributed by atoms with Crippen LogP contribution in [0, 0.1) is 11.3 Å². The smallest absolute Gasteiger partial charge is 0.252 e. The number of amides is 1. The van der Waals surface area contributed by atoms with Gasteiger partial charge in [-0.3, -0.25) is 9.48 Å². The normalized spacial score (nSPS) is 13.9. The minimum absolute atomic E-state index is 0.410. The van der Waals surface area contributed by atoms with Crippen molar-refractivity contribution in [3.05, 3.63) is 52.8 Å². The van der Waals surface area contributed by atoms with E-state index in [9.17, 15) is 4.79 Å². The van der Waals surface area contributed by atoms with E-state index in [1.165, 1.54) is 0 Å². The monoisotopic (exact) mass is 280 g/mol. The van der Waals surface area contributed by atoms with Gasteiger partial charge in [0.05, 0.1) is 36.5 Å². The summed E-state index contributed by atoms with van der Waals surface area (Å²) in [6.07, 6.45) is 4.17. The molecule has 2 aromatic rings. The number of benzene rings is 1. The van der Waals surface area contributed by atoms with Crippen LogP contribution in [-0.2, 0) is 13.0 Å². The average Bonchev–Trinajstić information content (AvgIpc) is 3.22. The second kappa shape index (κ2) is 5.41. The Kier molecular flexibility index (Phi) is 3.44. The Labute approximate surface area is 123 Å². The quantitative estimate of drug-likeness (QED) is 0.908. The number of nitrogens with two attached hydrogens (primary N) is 1. The number of nitrogens with zero attached hydrogens (tertiary/aromatic N) is 3. The highest BCUT2D eigenvalue weighted by Crippen LogP contribution is 2.41. The molecule has 2 N–H and O–H groups in total. The van der Waals surface area contributed by atoms with E-state index in [1.54, 1.807) is 6.20 Å². The first-order chi connectivity index (χ1) is 10.2. The molecule has 0 atom stereocenters. The number of nitriles is 1. The summed E-state index contributed by atoms with van der Waals surface area (Å²) >= 11 is 0. The molecule has 106 valence electrons. The Morgan fingerprint density at radius 2 is 2.00 bits per heavy atom. The van der Waals surface area contributed by atoms with Gasteiger partial charge in [0.15, 0.2) is 0 Å². The molecule has 21 heavy (non-hydrogen) atoms. The molecule has 0 saturated heterocycles. The Bertz CT molecular complexity index is 705. The third-order valence-electron chi connectivity index (χ3n) is 3.75. The van der Waals surface area contributed by atoms with Crippen LogP contribution in [0.15, 0.2) is 30.5 Å². The van der Waals surface area contributed by atoms with Crippen LogP contribution in [-0.4, -0.2) is 15.7 Å². The molecule has 0 spiro atoms. The van der Waals surface area contributed by atoms with Crippen molar-refractivity contribution in [2.24, 2.45) is 5.73 Å². The molecule has 5 nitrogen and oxygen atoms in total. The highest BCUT2D eigenvalue weighted by molar-refractivity contribution is 5.94. The minimum Gasteiger partial charge on any atom is -0.365 e. The van der Waals surface area contributed by atoms with E-state index in [0.717, 1.165) is 29.7 Å². The minimum atomic E-state index is -0.410. The molecule has 0 unspecified atom stereocenters. The molecule has 1 aromatic heterocycles. The summed E-state index contributed by atoms with van der Waals surface area (Å²) in [4.78, 5) is 11.5. The van der Waals surface area contributed by atoms with Crippen molar-refractivity contribution in [2.45, 2.75) is 31.7 Å². The molecule has 5 heteroatoms. The zero-order valence-electron chi connectivity index (χ0n) is 11.6. The second-order valence-electron chi connectivity index (χ2n) is 5.39. The lowest BCUT2D eigenvalue weighted by atomic mass is 10.1.